The number of nitrogens with one attached hydrogen (secondary N) is 1. The van der Waals surface area contributed by atoms with Gasteiger partial charge in [-0.3, -0.25) is 0 Å². The maximum atomic E-state index is 12.0. The van der Waals surface area contributed by atoms with E-state index in [1.807, 2.05) is 18.5 Å². The van der Waals surface area contributed by atoms with Crippen LogP contribution in [0.3, 0.4) is 0 Å². The molecule has 1 N–H and O–H groups in total. The first kappa shape index (κ1) is 12.9. The number of nitrogens with zero attached hydrogens (tertiary/aromatic N) is 2. The molecular formula is C13H21N3O2. The van der Waals surface area contributed by atoms with Gasteiger partial charge in [0, 0.05) is 6.54 Å². The van der Waals surface area contributed by atoms with Gasteiger partial charge in [-0.15, -0.1) is 0 Å². The molecule has 18 heavy (non-hydrogen) atoms. The van der Waals surface area contributed by atoms with Crippen molar-refractivity contribution in [2.45, 2.75) is 40.2 Å². The summed E-state index contributed by atoms with van der Waals surface area (Å²) < 4.78 is 7.05. The normalized spacial score (nSPS) is 18.4. The Kier molecular flexibility index (Phi) is 3.59. The fraction of sp³-hybridized carbons (Fsp3) is 0.692. The topological polar surface area (TPSA) is 56.1 Å². The number of aryl methyl sites for hydroxylation is 1. The minimum atomic E-state index is -0.284. The van der Waals surface area contributed by atoms with Gasteiger partial charge in [0.1, 0.15) is 11.4 Å². The second-order valence-corrected chi connectivity index (χ2v) is 5.00. The van der Waals surface area contributed by atoms with Crippen LogP contribution in [0.4, 0.5) is 5.82 Å². The average molecular weight is 251 g/mol. The molecule has 0 spiro atoms. The van der Waals surface area contributed by atoms with Crippen LogP contribution in [0.15, 0.2) is 0 Å². The first-order chi connectivity index (χ1) is 8.56. The van der Waals surface area contributed by atoms with Crippen molar-refractivity contribution < 1.29 is 9.53 Å². The molecule has 0 radical (unpaired) electrons. The number of aromatic nitrogens is 2. The van der Waals surface area contributed by atoms with Crippen LogP contribution in [-0.4, -0.2) is 28.9 Å². The summed E-state index contributed by atoms with van der Waals surface area (Å²) in [5.41, 5.74) is 1.32. The van der Waals surface area contributed by atoms with Gasteiger partial charge in [-0.2, -0.15) is 5.10 Å². The van der Waals surface area contributed by atoms with Gasteiger partial charge in [0.25, 0.3) is 0 Å². The van der Waals surface area contributed by atoms with E-state index in [9.17, 15) is 4.79 Å². The largest absolute Gasteiger partial charge is 0.462 e. The zero-order chi connectivity index (χ0) is 13.3. The molecule has 1 aromatic heterocycles. The molecule has 1 aliphatic rings. The van der Waals surface area contributed by atoms with E-state index >= 15 is 0 Å². The first-order valence-corrected chi connectivity index (χ1v) is 6.56. The summed E-state index contributed by atoms with van der Waals surface area (Å²) in [7, 11) is 0. The summed E-state index contributed by atoms with van der Waals surface area (Å²) in [5, 5.41) is 7.79. The van der Waals surface area contributed by atoms with E-state index in [1.165, 1.54) is 0 Å². The molecular weight excluding hydrogens is 230 g/mol. The van der Waals surface area contributed by atoms with Crippen molar-refractivity contribution in [1.82, 2.24) is 9.78 Å². The summed E-state index contributed by atoms with van der Waals surface area (Å²) in [6.07, 6.45) is 1.04. The lowest BCUT2D eigenvalue weighted by molar-refractivity contribution is 0.0526. The molecule has 0 amide bonds. The van der Waals surface area contributed by atoms with E-state index in [1.54, 1.807) is 0 Å². The number of hydrogen-bond donors (Lipinski definition) is 1. The highest BCUT2D eigenvalue weighted by atomic mass is 16.5. The van der Waals surface area contributed by atoms with Gasteiger partial charge < -0.3 is 10.1 Å². The summed E-state index contributed by atoms with van der Waals surface area (Å²) in [4.78, 5) is 12.0. The summed E-state index contributed by atoms with van der Waals surface area (Å²) in [6, 6.07) is 0.350. The fourth-order valence-electron chi connectivity index (χ4n) is 2.48. The Bertz CT molecular complexity index is 451. The number of rotatable bonds is 3. The molecule has 0 fully saturated rings. The standard InChI is InChI=1S/C13H21N3O2/c1-5-18-13(17)11-9(4)15-16-10(8(2)3)6-7-14-12(11)16/h8,10,14H,5-7H2,1-4H3. The molecule has 1 aromatic rings. The van der Waals surface area contributed by atoms with Crippen LogP contribution >= 0.6 is 0 Å². The minimum absolute atomic E-state index is 0.284. The molecule has 1 aliphatic heterocycles. The summed E-state index contributed by atoms with van der Waals surface area (Å²) >= 11 is 0. The van der Waals surface area contributed by atoms with Crippen molar-refractivity contribution >= 4 is 11.8 Å². The molecule has 5 nitrogen and oxygen atoms in total. The van der Waals surface area contributed by atoms with E-state index < -0.39 is 0 Å². The van der Waals surface area contributed by atoms with Crippen molar-refractivity contribution in [2.75, 3.05) is 18.5 Å². The SMILES string of the molecule is CCOC(=O)c1c(C)nn2c1NCCC2C(C)C. The van der Waals surface area contributed by atoms with Gasteiger partial charge in [-0.05, 0) is 26.2 Å². The molecule has 0 aromatic carbocycles. The molecule has 5 heteroatoms. The van der Waals surface area contributed by atoms with Gasteiger partial charge in [0.15, 0.2) is 0 Å². The van der Waals surface area contributed by atoms with Crippen molar-refractivity contribution in [1.29, 1.82) is 0 Å². The molecule has 1 unspecified atom stereocenters. The number of ether oxygens (including phenoxy) is 1. The lowest BCUT2D eigenvalue weighted by atomic mass is 9.99. The van der Waals surface area contributed by atoms with E-state index in [0.717, 1.165) is 24.5 Å². The highest BCUT2D eigenvalue weighted by Gasteiger charge is 2.30. The molecule has 100 valence electrons. The fourth-order valence-corrected chi connectivity index (χ4v) is 2.48. The van der Waals surface area contributed by atoms with Gasteiger partial charge >= 0.3 is 5.97 Å². The number of anilines is 1. The van der Waals surface area contributed by atoms with Gasteiger partial charge in [-0.1, -0.05) is 13.8 Å². The van der Waals surface area contributed by atoms with Crippen LogP contribution in [0.25, 0.3) is 0 Å². The Balaban J connectivity index is 2.42. The maximum Gasteiger partial charge on any atom is 0.343 e. The zero-order valence-electron chi connectivity index (χ0n) is 11.5. The molecule has 0 saturated carbocycles. The third kappa shape index (κ3) is 2.09. The van der Waals surface area contributed by atoms with Crippen LogP contribution in [0.5, 0.6) is 0 Å². The van der Waals surface area contributed by atoms with Crippen LogP contribution in [0.2, 0.25) is 0 Å². The van der Waals surface area contributed by atoms with Gasteiger partial charge in [0.2, 0.25) is 0 Å². The van der Waals surface area contributed by atoms with Crippen LogP contribution in [0, 0.1) is 12.8 Å². The Labute approximate surface area is 108 Å². The van der Waals surface area contributed by atoms with E-state index in [4.69, 9.17) is 4.74 Å². The number of carbonyl (C=O) groups excluding carboxylic acids is 1. The Morgan fingerprint density at radius 3 is 2.94 bits per heavy atom. The number of carbonyl (C=O) groups is 1. The van der Waals surface area contributed by atoms with Gasteiger partial charge in [-0.25, -0.2) is 9.48 Å². The average Bonchev–Trinajstić information content (AvgIpc) is 2.64. The molecule has 2 heterocycles. The van der Waals surface area contributed by atoms with E-state index in [2.05, 4.69) is 24.3 Å². The van der Waals surface area contributed by atoms with Crippen molar-refractivity contribution in [3.05, 3.63) is 11.3 Å². The molecule has 0 saturated heterocycles. The Morgan fingerprint density at radius 1 is 1.61 bits per heavy atom. The monoisotopic (exact) mass is 251 g/mol. The lowest BCUT2D eigenvalue weighted by Crippen LogP contribution is -2.27. The minimum Gasteiger partial charge on any atom is -0.462 e. The highest BCUT2D eigenvalue weighted by Crippen LogP contribution is 2.33. The molecule has 1 atom stereocenters. The van der Waals surface area contributed by atoms with Crippen molar-refractivity contribution in [3.63, 3.8) is 0 Å². The van der Waals surface area contributed by atoms with Crippen molar-refractivity contribution in [3.8, 4) is 0 Å². The number of fused-ring (bicyclic) bond motifs is 1. The Hall–Kier alpha value is -1.52. The second kappa shape index (κ2) is 5.00. The quantitative estimate of drug-likeness (QED) is 0.838. The van der Waals surface area contributed by atoms with Crippen LogP contribution in [-0.2, 0) is 4.74 Å². The predicted molar refractivity (Wildman–Crippen MR) is 69.9 cm³/mol. The van der Waals surface area contributed by atoms with Crippen LogP contribution in [0.1, 0.15) is 49.3 Å². The lowest BCUT2D eigenvalue weighted by Gasteiger charge is -2.28. The number of esters is 1. The zero-order valence-corrected chi connectivity index (χ0v) is 11.5. The molecule has 2 rings (SSSR count). The first-order valence-electron chi connectivity index (χ1n) is 6.56. The molecule has 0 bridgehead atoms. The summed E-state index contributed by atoms with van der Waals surface area (Å²) in [6.45, 7) is 9.29. The van der Waals surface area contributed by atoms with E-state index in [-0.39, 0.29) is 5.97 Å². The number of hydrogen-bond acceptors (Lipinski definition) is 4. The smallest absolute Gasteiger partial charge is 0.343 e. The van der Waals surface area contributed by atoms with E-state index in [0.29, 0.717) is 24.1 Å². The summed E-state index contributed by atoms with van der Waals surface area (Å²) in [5.74, 6) is 1.03. The maximum absolute atomic E-state index is 12.0. The Morgan fingerprint density at radius 2 is 2.33 bits per heavy atom. The predicted octanol–water partition coefficient (Wildman–Crippen LogP) is 2.38. The van der Waals surface area contributed by atoms with Crippen LogP contribution < -0.4 is 5.32 Å². The third-order valence-electron chi connectivity index (χ3n) is 3.38. The third-order valence-corrected chi connectivity index (χ3v) is 3.38. The van der Waals surface area contributed by atoms with Gasteiger partial charge in [0.05, 0.1) is 18.3 Å². The second-order valence-electron chi connectivity index (χ2n) is 5.00. The molecule has 0 aliphatic carbocycles. The van der Waals surface area contributed by atoms with Crippen molar-refractivity contribution in [2.24, 2.45) is 5.92 Å². The highest BCUT2D eigenvalue weighted by molar-refractivity contribution is 5.96.